The molecule has 0 aromatic heterocycles. The lowest BCUT2D eigenvalue weighted by Gasteiger charge is -2.34. The minimum Gasteiger partial charge on any atom is -0.301 e. The number of piperazine rings is 1. The van der Waals surface area contributed by atoms with Crippen molar-refractivity contribution < 1.29 is 9.18 Å². The van der Waals surface area contributed by atoms with Gasteiger partial charge in [0, 0.05) is 26.2 Å². The fourth-order valence-corrected chi connectivity index (χ4v) is 2.46. The van der Waals surface area contributed by atoms with E-state index in [0.29, 0.717) is 6.54 Å². The van der Waals surface area contributed by atoms with Gasteiger partial charge in [-0.25, -0.2) is 4.39 Å². The van der Waals surface area contributed by atoms with Crippen molar-refractivity contribution in [2.45, 2.75) is 13.3 Å². The topological polar surface area (TPSA) is 23.6 Å². The van der Waals surface area contributed by atoms with Gasteiger partial charge in [0.15, 0.2) is 5.78 Å². The predicted molar refractivity (Wildman–Crippen MR) is 73.9 cm³/mol. The Bertz CT molecular complexity index is 428. The number of hydrogen-bond donors (Lipinski definition) is 0. The molecule has 1 aromatic carbocycles. The van der Waals surface area contributed by atoms with Crippen molar-refractivity contribution in [1.29, 1.82) is 0 Å². The summed E-state index contributed by atoms with van der Waals surface area (Å²) < 4.78 is 13.5. The maximum atomic E-state index is 13.5. The van der Waals surface area contributed by atoms with Gasteiger partial charge < -0.3 is 4.90 Å². The van der Waals surface area contributed by atoms with Crippen LogP contribution in [0.5, 0.6) is 0 Å². The van der Waals surface area contributed by atoms with Crippen molar-refractivity contribution in [2.24, 2.45) is 0 Å². The predicted octanol–water partition coefficient (Wildman–Crippen LogP) is 2.04. The van der Waals surface area contributed by atoms with Crippen molar-refractivity contribution in [3.63, 3.8) is 0 Å². The molecule has 0 saturated carbocycles. The normalized spacial score (nSPS) is 17.6. The highest BCUT2D eigenvalue weighted by Gasteiger charge is 2.20. The molecule has 0 N–H and O–H groups in total. The number of rotatable bonds is 5. The van der Waals surface area contributed by atoms with Crippen LogP contribution >= 0.6 is 0 Å². The quantitative estimate of drug-likeness (QED) is 0.760. The molecule has 1 aliphatic rings. The maximum Gasteiger partial charge on any atom is 0.179 e. The van der Waals surface area contributed by atoms with E-state index in [0.717, 1.165) is 39.1 Å². The van der Waals surface area contributed by atoms with Gasteiger partial charge in [-0.15, -0.1) is 0 Å². The van der Waals surface area contributed by atoms with Crippen LogP contribution in [0.25, 0.3) is 0 Å². The van der Waals surface area contributed by atoms with E-state index in [1.54, 1.807) is 18.2 Å². The van der Waals surface area contributed by atoms with Crippen LogP contribution in [0.2, 0.25) is 0 Å². The van der Waals surface area contributed by atoms with E-state index < -0.39 is 5.82 Å². The van der Waals surface area contributed by atoms with Gasteiger partial charge in [-0.3, -0.25) is 9.69 Å². The van der Waals surface area contributed by atoms with E-state index in [-0.39, 0.29) is 11.3 Å². The molecule has 3 nitrogen and oxygen atoms in total. The van der Waals surface area contributed by atoms with E-state index >= 15 is 0 Å². The molecular weight excluding hydrogens is 243 g/mol. The van der Waals surface area contributed by atoms with Gasteiger partial charge in [-0.05, 0) is 25.1 Å². The summed E-state index contributed by atoms with van der Waals surface area (Å²) in [4.78, 5) is 16.6. The highest BCUT2D eigenvalue weighted by molar-refractivity contribution is 5.97. The van der Waals surface area contributed by atoms with E-state index in [1.807, 2.05) is 0 Å². The summed E-state index contributed by atoms with van der Waals surface area (Å²) in [6, 6.07) is 6.21. The highest BCUT2D eigenvalue weighted by atomic mass is 19.1. The van der Waals surface area contributed by atoms with Gasteiger partial charge in [-0.2, -0.15) is 0 Å². The lowest BCUT2D eigenvalue weighted by Crippen LogP contribution is -2.48. The molecule has 0 atom stereocenters. The van der Waals surface area contributed by atoms with Crippen molar-refractivity contribution in [3.8, 4) is 0 Å². The number of ketones is 1. The Morgan fingerprint density at radius 2 is 1.79 bits per heavy atom. The second kappa shape index (κ2) is 6.78. The zero-order valence-corrected chi connectivity index (χ0v) is 11.4. The number of carbonyl (C=O) groups excluding carboxylic acids is 1. The van der Waals surface area contributed by atoms with E-state index in [1.165, 1.54) is 6.07 Å². The monoisotopic (exact) mass is 264 g/mol. The zero-order valence-electron chi connectivity index (χ0n) is 11.4. The van der Waals surface area contributed by atoms with E-state index in [9.17, 15) is 9.18 Å². The Kier molecular flexibility index (Phi) is 5.05. The maximum absolute atomic E-state index is 13.5. The molecule has 0 aliphatic carbocycles. The minimum atomic E-state index is -0.419. The Morgan fingerprint density at radius 3 is 2.42 bits per heavy atom. The van der Waals surface area contributed by atoms with Crippen LogP contribution in [-0.2, 0) is 0 Å². The first-order valence-electron chi connectivity index (χ1n) is 6.93. The summed E-state index contributed by atoms with van der Waals surface area (Å²) in [5.74, 6) is -0.542. The minimum absolute atomic E-state index is 0.123. The second-order valence-electron chi connectivity index (χ2n) is 5.02. The summed E-state index contributed by atoms with van der Waals surface area (Å²) in [5.41, 5.74) is 0.207. The molecule has 4 heteroatoms. The molecule has 104 valence electrons. The fraction of sp³-hybridized carbons (Fsp3) is 0.533. The summed E-state index contributed by atoms with van der Waals surface area (Å²) in [6.07, 6.45) is 1.16. The van der Waals surface area contributed by atoms with Crippen LogP contribution in [-0.4, -0.2) is 54.9 Å². The molecule has 1 heterocycles. The van der Waals surface area contributed by atoms with Crippen molar-refractivity contribution in [2.75, 3.05) is 39.3 Å². The number of nitrogens with zero attached hydrogens (tertiary/aromatic N) is 2. The van der Waals surface area contributed by atoms with Gasteiger partial charge >= 0.3 is 0 Å². The SMILES string of the molecule is CCCN1CCN(CC(=O)c2ccccc2F)CC1. The Morgan fingerprint density at radius 1 is 1.16 bits per heavy atom. The van der Waals surface area contributed by atoms with Gasteiger partial charge in [0.25, 0.3) is 0 Å². The Hall–Kier alpha value is -1.26. The summed E-state index contributed by atoms with van der Waals surface area (Å²) in [6.45, 7) is 7.39. The van der Waals surface area contributed by atoms with Crippen molar-refractivity contribution in [1.82, 2.24) is 9.80 Å². The second-order valence-corrected chi connectivity index (χ2v) is 5.02. The first kappa shape index (κ1) is 14.2. The molecule has 0 radical (unpaired) electrons. The molecule has 0 unspecified atom stereocenters. The molecule has 0 spiro atoms. The number of benzene rings is 1. The van der Waals surface area contributed by atoms with Crippen molar-refractivity contribution >= 4 is 5.78 Å². The first-order chi connectivity index (χ1) is 9.20. The summed E-state index contributed by atoms with van der Waals surface area (Å²) >= 11 is 0. The molecule has 0 amide bonds. The Balaban J connectivity index is 1.86. The third kappa shape index (κ3) is 3.85. The van der Waals surface area contributed by atoms with E-state index in [4.69, 9.17) is 0 Å². The van der Waals surface area contributed by atoms with Crippen LogP contribution in [0.1, 0.15) is 23.7 Å². The molecule has 19 heavy (non-hydrogen) atoms. The molecule has 1 saturated heterocycles. The highest BCUT2D eigenvalue weighted by Crippen LogP contribution is 2.09. The van der Waals surface area contributed by atoms with Gasteiger partial charge in [-0.1, -0.05) is 19.1 Å². The molecule has 1 aromatic rings. The van der Waals surface area contributed by atoms with Crippen LogP contribution < -0.4 is 0 Å². The average molecular weight is 264 g/mol. The third-order valence-corrected chi connectivity index (χ3v) is 3.55. The fourth-order valence-electron chi connectivity index (χ4n) is 2.46. The standard InChI is InChI=1S/C15H21FN2O/c1-2-7-17-8-10-18(11-9-17)12-15(19)13-5-3-4-6-14(13)16/h3-6H,2,7-12H2,1H3. The lowest BCUT2D eigenvalue weighted by molar-refractivity contribution is 0.0849. The molecule has 2 rings (SSSR count). The molecule has 1 fully saturated rings. The van der Waals surface area contributed by atoms with Crippen molar-refractivity contribution in [3.05, 3.63) is 35.6 Å². The molecule has 0 bridgehead atoms. The van der Waals surface area contributed by atoms with Crippen LogP contribution in [0.4, 0.5) is 4.39 Å². The number of Topliss-reactive ketones (excluding diaryl/α,β-unsaturated/α-hetero) is 1. The lowest BCUT2D eigenvalue weighted by atomic mass is 10.1. The summed E-state index contributed by atoms with van der Waals surface area (Å²) in [5, 5.41) is 0. The number of carbonyl (C=O) groups is 1. The largest absolute Gasteiger partial charge is 0.301 e. The number of halogens is 1. The van der Waals surface area contributed by atoms with Gasteiger partial charge in [0.1, 0.15) is 5.82 Å². The zero-order chi connectivity index (χ0) is 13.7. The third-order valence-electron chi connectivity index (χ3n) is 3.55. The summed E-state index contributed by atoms with van der Waals surface area (Å²) in [7, 11) is 0. The van der Waals surface area contributed by atoms with Crippen LogP contribution in [0.15, 0.2) is 24.3 Å². The molecular formula is C15H21FN2O. The van der Waals surface area contributed by atoms with Crippen LogP contribution in [0.3, 0.4) is 0 Å². The van der Waals surface area contributed by atoms with Crippen LogP contribution in [0, 0.1) is 5.82 Å². The number of hydrogen-bond acceptors (Lipinski definition) is 3. The smallest absolute Gasteiger partial charge is 0.179 e. The average Bonchev–Trinajstić information content (AvgIpc) is 2.42. The van der Waals surface area contributed by atoms with Gasteiger partial charge in [0.2, 0.25) is 0 Å². The first-order valence-corrected chi connectivity index (χ1v) is 6.93. The molecule has 1 aliphatic heterocycles. The van der Waals surface area contributed by atoms with E-state index in [2.05, 4.69) is 16.7 Å². The Labute approximate surface area is 114 Å². The van der Waals surface area contributed by atoms with Gasteiger partial charge in [0.05, 0.1) is 12.1 Å².